The van der Waals surface area contributed by atoms with Gasteiger partial charge in [0.2, 0.25) is 24.1 Å². The molecule has 2 aliphatic heterocycles. The molecular weight excluding hydrogens is 558 g/mol. The van der Waals surface area contributed by atoms with E-state index in [-0.39, 0.29) is 48.9 Å². The van der Waals surface area contributed by atoms with Gasteiger partial charge in [-0.15, -0.1) is 0 Å². The smallest absolute Gasteiger partial charge is 0.249 e. The molecule has 0 aromatic heterocycles. The van der Waals surface area contributed by atoms with E-state index in [1.165, 1.54) is 37.3 Å². The number of nitrogens with zero attached hydrogens (tertiary/aromatic N) is 3. The van der Waals surface area contributed by atoms with Crippen molar-refractivity contribution < 1.29 is 24.3 Å². The third-order valence-electron chi connectivity index (χ3n) is 7.76. The van der Waals surface area contributed by atoms with E-state index in [1.807, 2.05) is 20.8 Å². The van der Waals surface area contributed by atoms with Crippen LogP contribution in [0.1, 0.15) is 107 Å². The van der Waals surface area contributed by atoms with E-state index >= 15 is 0 Å². The maximum atomic E-state index is 13.1. The average Bonchev–Trinajstić information content (AvgIpc) is 3.48. The zero-order valence-corrected chi connectivity index (χ0v) is 29.5. The highest BCUT2D eigenvalue weighted by molar-refractivity contribution is 5.97. The predicted molar refractivity (Wildman–Crippen MR) is 179 cm³/mol. The van der Waals surface area contributed by atoms with Gasteiger partial charge in [-0.05, 0) is 77.8 Å². The Morgan fingerprint density at radius 1 is 0.977 bits per heavy atom. The molecule has 0 aromatic rings. The number of likely N-dealkylation sites (tertiary alicyclic amines) is 2. The average molecular weight is 624 g/mol. The second-order valence-corrected chi connectivity index (χ2v) is 13.3. The summed E-state index contributed by atoms with van der Waals surface area (Å²) in [6.07, 6.45) is 9.34. The number of piperidine rings is 1. The first-order valence-electron chi connectivity index (χ1n) is 16.8. The van der Waals surface area contributed by atoms with E-state index in [9.17, 15) is 24.3 Å². The van der Waals surface area contributed by atoms with E-state index in [0.29, 0.717) is 31.4 Å². The summed E-state index contributed by atoms with van der Waals surface area (Å²) in [4.78, 5) is 54.3. The Balaban J connectivity index is 0.00000117. The lowest BCUT2D eigenvalue weighted by atomic mass is 9.99. The maximum absolute atomic E-state index is 13.1. The van der Waals surface area contributed by atoms with Gasteiger partial charge in [0, 0.05) is 25.2 Å². The van der Waals surface area contributed by atoms with Crippen molar-refractivity contribution in [3.05, 3.63) is 11.6 Å². The summed E-state index contributed by atoms with van der Waals surface area (Å²) in [7, 11) is 1.64. The third kappa shape index (κ3) is 16.0. The number of carbonyl (C=O) groups excluding carboxylic acids is 4. The van der Waals surface area contributed by atoms with Crippen LogP contribution in [0.15, 0.2) is 11.6 Å². The first-order chi connectivity index (χ1) is 20.7. The Hall–Kier alpha value is -2.46. The van der Waals surface area contributed by atoms with Crippen molar-refractivity contribution in [2.24, 2.45) is 11.8 Å². The molecule has 44 heavy (non-hydrogen) atoms. The van der Waals surface area contributed by atoms with Crippen molar-refractivity contribution >= 4 is 24.1 Å². The van der Waals surface area contributed by atoms with Crippen LogP contribution in [0, 0.1) is 11.8 Å². The van der Waals surface area contributed by atoms with Crippen LogP contribution in [0.3, 0.4) is 0 Å². The van der Waals surface area contributed by atoms with E-state index in [4.69, 9.17) is 0 Å². The van der Waals surface area contributed by atoms with Crippen LogP contribution in [0.5, 0.6) is 0 Å². The minimum Gasteiger partial charge on any atom is -0.394 e. The van der Waals surface area contributed by atoms with Crippen LogP contribution in [-0.4, -0.2) is 108 Å². The molecule has 2 aliphatic rings. The molecule has 4 amide bonds. The molecule has 2 saturated heterocycles. The van der Waals surface area contributed by atoms with Crippen LogP contribution in [0.4, 0.5) is 0 Å². The highest BCUT2D eigenvalue weighted by atomic mass is 16.3. The maximum Gasteiger partial charge on any atom is 0.249 e. The highest BCUT2D eigenvalue weighted by Gasteiger charge is 2.35. The Kier molecular flexibility index (Phi) is 21.7. The number of aliphatic hydroxyl groups excluding tert-OH is 1. The lowest BCUT2D eigenvalue weighted by Gasteiger charge is -2.30. The van der Waals surface area contributed by atoms with Crippen molar-refractivity contribution in [2.45, 2.75) is 131 Å². The first kappa shape index (κ1) is 41.5. The molecule has 3 N–H and O–H groups in total. The van der Waals surface area contributed by atoms with Gasteiger partial charge in [-0.1, -0.05) is 60.5 Å². The number of rotatable bonds is 13. The molecule has 2 rings (SSSR count). The summed E-state index contributed by atoms with van der Waals surface area (Å²) in [5.74, 6) is 0.154. The molecule has 2 heterocycles. The number of hydrogen-bond acceptors (Lipinski definition) is 6. The molecular formula is C34H65N5O5. The molecule has 256 valence electrons. The number of amides is 4. The molecule has 0 aromatic carbocycles. The van der Waals surface area contributed by atoms with Gasteiger partial charge in [-0.2, -0.15) is 0 Å². The summed E-state index contributed by atoms with van der Waals surface area (Å²) in [5.41, 5.74) is 0.466. The summed E-state index contributed by atoms with van der Waals surface area (Å²) >= 11 is 0. The van der Waals surface area contributed by atoms with Crippen molar-refractivity contribution in [1.29, 1.82) is 0 Å². The van der Waals surface area contributed by atoms with E-state index in [1.54, 1.807) is 24.9 Å². The van der Waals surface area contributed by atoms with Gasteiger partial charge in [-0.3, -0.25) is 19.2 Å². The van der Waals surface area contributed by atoms with Crippen molar-refractivity contribution in [3.63, 3.8) is 0 Å². The molecule has 0 aliphatic carbocycles. The van der Waals surface area contributed by atoms with Crippen LogP contribution in [-0.2, 0) is 19.2 Å². The van der Waals surface area contributed by atoms with Gasteiger partial charge in [0.05, 0.1) is 25.2 Å². The van der Waals surface area contributed by atoms with Crippen molar-refractivity contribution in [2.75, 3.05) is 39.8 Å². The second kappa shape index (κ2) is 23.0. The number of carbonyl (C=O) groups is 4. The van der Waals surface area contributed by atoms with Gasteiger partial charge in [0.25, 0.3) is 0 Å². The van der Waals surface area contributed by atoms with Crippen LogP contribution >= 0.6 is 0 Å². The standard InChI is InChI=1S/C22H38N4O5.C8H17N.C4H10/c1-6-8-17(13-27)24-21(30)18-9-7-10-26(18)22(31)16(4)11-19(15(2)3)25(5)20(29)12-23-14-28;1-8(2)9-6-4-3-5-7-9;1-4(2)3/h11,14-15,17-19,27H,6-10,12-13H2,1-5H3,(H,23,28)(H,24,30);8H,3-7H2,1-2H3;4H,1-3H3/b16-11+;;/t17?,18?,19-;;/m1../s1. The van der Waals surface area contributed by atoms with Crippen LogP contribution in [0.25, 0.3) is 0 Å². The van der Waals surface area contributed by atoms with Gasteiger partial charge in [0.1, 0.15) is 6.04 Å². The fourth-order valence-electron chi connectivity index (χ4n) is 5.30. The lowest BCUT2D eigenvalue weighted by Crippen LogP contribution is -2.50. The van der Waals surface area contributed by atoms with Crippen molar-refractivity contribution in [3.8, 4) is 0 Å². The Morgan fingerprint density at radius 3 is 2.02 bits per heavy atom. The molecule has 0 bridgehead atoms. The zero-order valence-electron chi connectivity index (χ0n) is 29.5. The second-order valence-electron chi connectivity index (χ2n) is 13.3. The zero-order chi connectivity index (χ0) is 33.8. The van der Waals surface area contributed by atoms with E-state index in [2.05, 4.69) is 50.2 Å². The van der Waals surface area contributed by atoms with Crippen molar-refractivity contribution in [1.82, 2.24) is 25.3 Å². The minimum atomic E-state index is -0.560. The third-order valence-corrected chi connectivity index (χ3v) is 7.76. The number of hydrogen-bond donors (Lipinski definition) is 3. The van der Waals surface area contributed by atoms with Gasteiger partial charge in [0.15, 0.2) is 0 Å². The first-order valence-corrected chi connectivity index (χ1v) is 16.8. The molecule has 0 radical (unpaired) electrons. The Bertz CT molecular complexity index is 867. The van der Waals surface area contributed by atoms with Crippen LogP contribution < -0.4 is 10.6 Å². The summed E-state index contributed by atoms with van der Waals surface area (Å²) < 4.78 is 0. The largest absolute Gasteiger partial charge is 0.394 e. The van der Waals surface area contributed by atoms with E-state index in [0.717, 1.165) is 24.8 Å². The highest BCUT2D eigenvalue weighted by Crippen LogP contribution is 2.22. The predicted octanol–water partition coefficient (Wildman–Crippen LogP) is 3.97. The lowest BCUT2D eigenvalue weighted by molar-refractivity contribution is -0.136. The van der Waals surface area contributed by atoms with Gasteiger partial charge in [-0.25, -0.2) is 0 Å². The SMILES string of the molecule is CC(C)C.CC(C)N1CCCCC1.CCCC(CO)NC(=O)C1CCCN1C(=O)/C(C)=C/[C@H](C(C)C)N(C)C(=O)CNC=O. The Labute approximate surface area is 268 Å². The minimum absolute atomic E-state index is 0.0463. The topological polar surface area (TPSA) is 122 Å². The Morgan fingerprint density at radius 2 is 1.57 bits per heavy atom. The molecule has 2 unspecified atom stereocenters. The van der Waals surface area contributed by atoms with Gasteiger partial charge >= 0.3 is 0 Å². The van der Waals surface area contributed by atoms with E-state index < -0.39 is 6.04 Å². The fourth-order valence-corrected chi connectivity index (χ4v) is 5.30. The number of aliphatic hydroxyl groups is 1. The van der Waals surface area contributed by atoms with Crippen LogP contribution in [0.2, 0.25) is 0 Å². The monoisotopic (exact) mass is 623 g/mol. The quantitative estimate of drug-likeness (QED) is 0.211. The summed E-state index contributed by atoms with van der Waals surface area (Å²) in [5, 5.41) is 14.7. The van der Waals surface area contributed by atoms with Gasteiger partial charge < -0.3 is 30.4 Å². The molecule has 0 spiro atoms. The molecule has 10 heteroatoms. The molecule has 2 fully saturated rings. The molecule has 10 nitrogen and oxygen atoms in total. The molecule has 0 saturated carbocycles. The normalized spacial score (nSPS) is 18.5. The summed E-state index contributed by atoms with van der Waals surface area (Å²) in [6, 6.07) is -0.430. The molecule has 3 atom stereocenters. The number of nitrogens with one attached hydrogen (secondary N) is 2. The number of likely N-dealkylation sites (N-methyl/N-ethyl adjacent to an activating group) is 1. The summed E-state index contributed by atoms with van der Waals surface area (Å²) in [6.45, 7) is 21.6. The fraction of sp³-hybridized carbons (Fsp3) is 0.824.